The number of rotatable bonds is 5. The molecule has 1 rings (SSSR count). The van der Waals surface area contributed by atoms with Gasteiger partial charge in [-0.25, -0.2) is 0 Å². The monoisotopic (exact) mass is 243 g/mol. The molecule has 0 bridgehead atoms. The van der Waals surface area contributed by atoms with Gasteiger partial charge in [0.05, 0.1) is 12.2 Å². The summed E-state index contributed by atoms with van der Waals surface area (Å²) in [6.45, 7) is 8.19. The molecular weight excluding hydrogens is 218 g/mol. The summed E-state index contributed by atoms with van der Waals surface area (Å²) in [5, 5.41) is 0. The molecule has 0 aromatic heterocycles. The van der Waals surface area contributed by atoms with Gasteiger partial charge >= 0.3 is 5.97 Å². The Bertz CT molecular complexity index is 257. The van der Waals surface area contributed by atoms with Crippen LogP contribution < -0.4 is 0 Å². The van der Waals surface area contributed by atoms with Crippen LogP contribution in [0.2, 0.25) is 0 Å². The largest absolute Gasteiger partial charge is 0.465 e. The molecule has 0 saturated carbocycles. The van der Waals surface area contributed by atoms with E-state index < -0.39 is 0 Å². The molecule has 2 atom stereocenters. The number of nitrogens with zero attached hydrogens (tertiary/aromatic N) is 1. The predicted molar refractivity (Wildman–Crippen MR) is 66.9 cm³/mol. The number of likely N-dealkylation sites (tertiary alicyclic amines) is 1. The second-order valence-electron chi connectivity index (χ2n) is 4.90. The lowest BCUT2D eigenvalue weighted by atomic mass is 9.93. The summed E-state index contributed by atoms with van der Waals surface area (Å²) < 4.78 is 10.7. The van der Waals surface area contributed by atoms with Crippen LogP contribution in [0.1, 0.15) is 40.0 Å². The van der Waals surface area contributed by atoms with Gasteiger partial charge in [0.2, 0.25) is 0 Å². The molecule has 0 amide bonds. The van der Waals surface area contributed by atoms with Gasteiger partial charge in [0.15, 0.2) is 0 Å². The normalized spacial score (nSPS) is 27.8. The molecule has 1 aliphatic heterocycles. The second kappa shape index (κ2) is 6.36. The fraction of sp³-hybridized carbons (Fsp3) is 0.923. The molecule has 0 radical (unpaired) electrons. The number of carbonyl (C=O) groups excluding carboxylic acids is 1. The highest BCUT2D eigenvalue weighted by molar-refractivity contribution is 5.75. The number of carbonyl (C=O) groups is 1. The number of piperidine rings is 1. The van der Waals surface area contributed by atoms with Crippen molar-refractivity contribution in [3.63, 3.8) is 0 Å². The Kier molecular flexibility index (Phi) is 5.40. The molecule has 4 heteroatoms. The van der Waals surface area contributed by atoms with Crippen LogP contribution in [0.15, 0.2) is 0 Å². The van der Waals surface area contributed by atoms with Gasteiger partial charge in [-0.3, -0.25) is 9.69 Å². The first-order valence-electron chi connectivity index (χ1n) is 6.52. The topological polar surface area (TPSA) is 38.8 Å². The van der Waals surface area contributed by atoms with Crippen molar-refractivity contribution in [1.29, 1.82) is 0 Å². The maximum absolute atomic E-state index is 11.9. The van der Waals surface area contributed by atoms with Gasteiger partial charge in [-0.15, -0.1) is 0 Å². The number of hydrogen-bond acceptors (Lipinski definition) is 4. The SMILES string of the molecule is CCOC(=O)[C@H](CC)N1CCC[C@@](C)(OC)C1. The van der Waals surface area contributed by atoms with E-state index in [1.807, 2.05) is 13.8 Å². The average molecular weight is 243 g/mol. The molecule has 1 heterocycles. The Hall–Kier alpha value is -0.610. The minimum atomic E-state index is -0.127. The zero-order chi connectivity index (χ0) is 12.9. The van der Waals surface area contributed by atoms with Crippen molar-refractivity contribution < 1.29 is 14.3 Å². The third kappa shape index (κ3) is 3.68. The van der Waals surface area contributed by atoms with Gasteiger partial charge in [0.1, 0.15) is 6.04 Å². The van der Waals surface area contributed by atoms with Gasteiger partial charge in [-0.1, -0.05) is 6.92 Å². The number of hydrogen-bond donors (Lipinski definition) is 0. The maximum Gasteiger partial charge on any atom is 0.323 e. The number of methoxy groups -OCH3 is 1. The lowest BCUT2D eigenvalue weighted by Gasteiger charge is -2.42. The summed E-state index contributed by atoms with van der Waals surface area (Å²) >= 11 is 0. The first-order chi connectivity index (χ1) is 8.06. The van der Waals surface area contributed by atoms with Crippen LogP contribution in [0.25, 0.3) is 0 Å². The van der Waals surface area contributed by atoms with Crippen molar-refractivity contribution in [3.05, 3.63) is 0 Å². The quantitative estimate of drug-likeness (QED) is 0.691. The molecule has 0 spiro atoms. The van der Waals surface area contributed by atoms with Crippen molar-refractivity contribution >= 4 is 5.97 Å². The van der Waals surface area contributed by atoms with Crippen LogP contribution in [-0.2, 0) is 14.3 Å². The van der Waals surface area contributed by atoms with Crippen LogP contribution in [0.3, 0.4) is 0 Å². The van der Waals surface area contributed by atoms with E-state index in [0.717, 1.165) is 32.4 Å². The summed E-state index contributed by atoms with van der Waals surface area (Å²) in [6, 6.07) is -0.121. The zero-order valence-electron chi connectivity index (χ0n) is 11.5. The predicted octanol–water partition coefficient (Wildman–Crippen LogP) is 1.83. The van der Waals surface area contributed by atoms with E-state index in [9.17, 15) is 4.79 Å². The third-order valence-electron chi connectivity index (χ3n) is 3.57. The number of esters is 1. The van der Waals surface area contributed by atoms with E-state index in [1.165, 1.54) is 0 Å². The molecule has 0 aliphatic carbocycles. The van der Waals surface area contributed by atoms with E-state index in [4.69, 9.17) is 9.47 Å². The van der Waals surface area contributed by atoms with E-state index in [2.05, 4.69) is 11.8 Å². The fourth-order valence-electron chi connectivity index (χ4n) is 2.49. The molecule has 0 aromatic carbocycles. The summed E-state index contributed by atoms with van der Waals surface area (Å²) in [5.41, 5.74) is -0.127. The van der Waals surface area contributed by atoms with Gasteiger partial charge in [-0.2, -0.15) is 0 Å². The molecule has 100 valence electrons. The standard InChI is InChI=1S/C13H25NO3/c1-5-11(12(15)17-6-2)14-9-7-8-13(3,10-14)16-4/h11H,5-10H2,1-4H3/t11-,13+/m0/s1. The third-order valence-corrected chi connectivity index (χ3v) is 3.57. The van der Waals surface area contributed by atoms with Crippen LogP contribution in [0, 0.1) is 0 Å². The summed E-state index contributed by atoms with van der Waals surface area (Å²) in [6.07, 6.45) is 2.91. The van der Waals surface area contributed by atoms with E-state index >= 15 is 0 Å². The minimum Gasteiger partial charge on any atom is -0.465 e. The Balaban J connectivity index is 2.65. The molecular formula is C13H25NO3. The van der Waals surface area contributed by atoms with E-state index in [-0.39, 0.29) is 17.6 Å². The lowest BCUT2D eigenvalue weighted by Crippen LogP contribution is -2.53. The molecule has 1 saturated heterocycles. The molecule has 17 heavy (non-hydrogen) atoms. The van der Waals surface area contributed by atoms with Crippen molar-refractivity contribution in [2.75, 3.05) is 26.8 Å². The van der Waals surface area contributed by atoms with Crippen LogP contribution >= 0.6 is 0 Å². The second-order valence-corrected chi connectivity index (χ2v) is 4.90. The molecule has 1 aliphatic rings. The molecule has 1 fully saturated rings. The lowest BCUT2D eigenvalue weighted by molar-refractivity contribution is -0.153. The van der Waals surface area contributed by atoms with Crippen molar-refractivity contribution in [3.8, 4) is 0 Å². The van der Waals surface area contributed by atoms with Crippen molar-refractivity contribution in [2.45, 2.75) is 51.7 Å². The Morgan fingerprint density at radius 2 is 2.18 bits per heavy atom. The maximum atomic E-state index is 11.9. The van der Waals surface area contributed by atoms with Gasteiger partial charge < -0.3 is 9.47 Å². The van der Waals surface area contributed by atoms with Crippen molar-refractivity contribution in [1.82, 2.24) is 4.90 Å². The van der Waals surface area contributed by atoms with Crippen LogP contribution in [0.4, 0.5) is 0 Å². The molecule has 0 N–H and O–H groups in total. The highest BCUT2D eigenvalue weighted by atomic mass is 16.5. The number of ether oxygens (including phenoxy) is 2. The zero-order valence-corrected chi connectivity index (χ0v) is 11.5. The van der Waals surface area contributed by atoms with E-state index in [1.54, 1.807) is 7.11 Å². The Labute approximate surface area is 104 Å². The van der Waals surface area contributed by atoms with Crippen molar-refractivity contribution in [2.24, 2.45) is 0 Å². The van der Waals surface area contributed by atoms with Gasteiger partial charge in [-0.05, 0) is 39.7 Å². The highest BCUT2D eigenvalue weighted by Crippen LogP contribution is 2.26. The van der Waals surface area contributed by atoms with E-state index in [0.29, 0.717) is 6.61 Å². The Morgan fingerprint density at radius 3 is 2.71 bits per heavy atom. The van der Waals surface area contributed by atoms with Crippen LogP contribution in [-0.4, -0.2) is 49.3 Å². The van der Waals surface area contributed by atoms with Crippen LogP contribution in [0.5, 0.6) is 0 Å². The van der Waals surface area contributed by atoms with Gasteiger partial charge in [0.25, 0.3) is 0 Å². The smallest absolute Gasteiger partial charge is 0.323 e. The first-order valence-corrected chi connectivity index (χ1v) is 6.52. The summed E-state index contributed by atoms with van der Waals surface area (Å²) in [5.74, 6) is -0.102. The highest BCUT2D eigenvalue weighted by Gasteiger charge is 2.36. The first kappa shape index (κ1) is 14.5. The fourth-order valence-corrected chi connectivity index (χ4v) is 2.49. The molecule has 0 aromatic rings. The molecule has 0 unspecified atom stereocenters. The summed E-state index contributed by atoms with van der Waals surface area (Å²) in [7, 11) is 1.74. The Morgan fingerprint density at radius 1 is 1.47 bits per heavy atom. The molecule has 4 nitrogen and oxygen atoms in total. The van der Waals surface area contributed by atoms with Gasteiger partial charge in [0, 0.05) is 13.7 Å². The minimum absolute atomic E-state index is 0.102. The average Bonchev–Trinajstić information content (AvgIpc) is 2.30. The summed E-state index contributed by atoms with van der Waals surface area (Å²) in [4.78, 5) is 14.1.